The summed E-state index contributed by atoms with van der Waals surface area (Å²) in [5.41, 5.74) is 0. The van der Waals surface area contributed by atoms with E-state index in [0.717, 1.165) is 37.4 Å². The molecule has 3 heteroatoms. The maximum Gasteiger partial charge on any atom is 0.247 e. The zero-order valence-corrected chi connectivity index (χ0v) is 8.69. The molecule has 0 aromatic rings. The summed E-state index contributed by atoms with van der Waals surface area (Å²) in [7, 11) is -2.21. The van der Waals surface area contributed by atoms with Crippen LogP contribution < -0.4 is 0 Å². The molecule has 0 aromatic carbocycles. The van der Waals surface area contributed by atoms with Gasteiger partial charge in [-0.05, 0) is 57.0 Å². The molecular weight excluding hydrogens is 169 g/mol. The first-order chi connectivity index (χ1) is 5.79. The van der Waals surface area contributed by atoms with Gasteiger partial charge >= 0.3 is 0 Å². The van der Waals surface area contributed by atoms with Crippen molar-refractivity contribution in [3.8, 4) is 0 Å². The fourth-order valence-electron chi connectivity index (χ4n) is 2.57. The van der Waals surface area contributed by atoms with E-state index in [9.17, 15) is 4.11 Å². The molecular formula is C9H18FNSi. The number of halogens is 1. The lowest BCUT2D eigenvalue weighted by molar-refractivity contribution is 0.259. The van der Waals surface area contributed by atoms with Crippen molar-refractivity contribution in [1.82, 2.24) is 4.90 Å². The molecule has 3 rings (SSSR count). The first-order valence-electron chi connectivity index (χ1n) is 5.20. The van der Waals surface area contributed by atoms with Gasteiger partial charge in [-0.25, -0.2) is 0 Å². The van der Waals surface area contributed by atoms with Crippen LogP contribution in [-0.2, 0) is 0 Å². The highest BCUT2D eigenvalue weighted by Crippen LogP contribution is 2.31. The third-order valence-corrected chi connectivity index (χ3v) is 7.05. The summed E-state index contributed by atoms with van der Waals surface area (Å²) >= 11 is 0. The van der Waals surface area contributed by atoms with Crippen LogP contribution >= 0.6 is 0 Å². The summed E-state index contributed by atoms with van der Waals surface area (Å²) in [6.07, 6.45) is 3.38. The summed E-state index contributed by atoms with van der Waals surface area (Å²) in [5, 5.41) is 0. The summed E-state index contributed by atoms with van der Waals surface area (Å²) in [6, 6.07) is 2.84. The smallest absolute Gasteiger partial charge is 0.247 e. The molecule has 3 saturated heterocycles. The van der Waals surface area contributed by atoms with Crippen molar-refractivity contribution >= 4 is 8.41 Å². The zero-order valence-electron chi connectivity index (χ0n) is 7.69. The molecule has 0 saturated carbocycles. The Hall–Kier alpha value is 0.107. The Balaban J connectivity index is 2.06. The minimum atomic E-state index is -2.21. The molecule has 0 radical (unpaired) electrons. The van der Waals surface area contributed by atoms with Crippen molar-refractivity contribution in [3.05, 3.63) is 0 Å². The van der Waals surface area contributed by atoms with Crippen molar-refractivity contribution in [2.75, 3.05) is 19.6 Å². The van der Waals surface area contributed by atoms with Gasteiger partial charge in [0.1, 0.15) is 0 Å². The highest BCUT2D eigenvalue weighted by molar-refractivity contribution is 6.73. The van der Waals surface area contributed by atoms with E-state index in [1.54, 1.807) is 0 Å². The maximum absolute atomic E-state index is 14.2. The second kappa shape index (κ2) is 3.46. The standard InChI is InChI=1S/C9H18FNSi/c10-12-7-1-4-11(5-2-8-12)6-3-9-12/h1-9H2. The van der Waals surface area contributed by atoms with E-state index in [1.165, 1.54) is 19.6 Å². The molecule has 0 aliphatic carbocycles. The predicted molar refractivity (Wildman–Crippen MR) is 51.6 cm³/mol. The SMILES string of the molecule is F[Si]12CCCN(CCC1)CCC2. The van der Waals surface area contributed by atoms with Crippen molar-refractivity contribution in [2.45, 2.75) is 37.4 Å². The molecule has 2 bridgehead atoms. The average molecular weight is 187 g/mol. The highest BCUT2D eigenvalue weighted by atomic mass is 28.4. The third kappa shape index (κ3) is 1.88. The number of rotatable bonds is 0. The lowest BCUT2D eigenvalue weighted by Crippen LogP contribution is -2.40. The van der Waals surface area contributed by atoms with Crippen LogP contribution in [0.15, 0.2) is 0 Å². The van der Waals surface area contributed by atoms with E-state index in [0.29, 0.717) is 0 Å². The Labute approximate surface area is 75.1 Å². The summed E-state index contributed by atoms with van der Waals surface area (Å²) in [5.74, 6) is 0. The molecule has 3 aliphatic rings. The van der Waals surface area contributed by atoms with Crippen LogP contribution in [0.25, 0.3) is 0 Å². The van der Waals surface area contributed by atoms with E-state index >= 15 is 0 Å². The van der Waals surface area contributed by atoms with E-state index < -0.39 is 8.41 Å². The Morgan fingerprint density at radius 2 is 1.25 bits per heavy atom. The largest absolute Gasteiger partial charge is 0.314 e. The Morgan fingerprint density at radius 1 is 0.833 bits per heavy atom. The van der Waals surface area contributed by atoms with Crippen molar-refractivity contribution in [1.29, 1.82) is 0 Å². The number of hydrogen-bond acceptors (Lipinski definition) is 1. The lowest BCUT2D eigenvalue weighted by atomic mass is 10.3. The molecule has 70 valence electrons. The van der Waals surface area contributed by atoms with Gasteiger partial charge in [0.05, 0.1) is 0 Å². The van der Waals surface area contributed by atoms with Crippen molar-refractivity contribution < 1.29 is 4.11 Å². The van der Waals surface area contributed by atoms with Crippen LogP contribution in [0.5, 0.6) is 0 Å². The van der Waals surface area contributed by atoms with E-state index in [2.05, 4.69) is 4.90 Å². The molecule has 3 heterocycles. The topological polar surface area (TPSA) is 3.24 Å². The molecule has 0 N–H and O–H groups in total. The highest BCUT2D eigenvalue weighted by Gasteiger charge is 2.36. The normalized spacial score (nSPS) is 43.2. The number of hydrogen-bond donors (Lipinski definition) is 0. The number of fused-ring (bicyclic) bond motifs is 6. The van der Waals surface area contributed by atoms with Gasteiger partial charge in [0.2, 0.25) is 8.41 Å². The molecule has 0 spiro atoms. The van der Waals surface area contributed by atoms with Gasteiger partial charge in [-0.15, -0.1) is 0 Å². The molecule has 12 heavy (non-hydrogen) atoms. The molecule has 0 unspecified atom stereocenters. The summed E-state index contributed by atoms with van der Waals surface area (Å²) < 4.78 is 14.2. The van der Waals surface area contributed by atoms with Gasteiger partial charge in [0, 0.05) is 0 Å². The molecule has 0 atom stereocenters. The van der Waals surface area contributed by atoms with E-state index in [-0.39, 0.29) is 0 Å². The molecule has 3 fully saturated rings. The summed E-state index contributed by atoms with van der Waals surface area (Å²) in [4.78, 5) is 2.52. The van der Waals surface area contributed by atoms with Crippen LogP contribution in [-0.4, -0.2) is 32.9 Å². The predicted octanol–water partition coefficient (Wildman–Crippen LogP) is 2.40. The molecule has 0 amide bonds. The number of nitrogens with zero attached hydrogens (tertiary/aromatic N) is 1. The second-order valence-electron chi connectivity index (χ2n) is 4.30. The minimum absolute atomic E-state index is 0.948. The Kier molecular flexibility index (Phi) is 2.51. The second-order valence-corrected chi connectivity index (χ2v) is 8.10. The zero-order chi connectivity index (χ0) is 8.44. The van der Waals surface area contributed by atoms with Gasteiger partial charge in [-0.3, -0.25) is 0 Å². The van der Waals surface area contributed by atoms with E-state index in [4.69, 9.17) is 0 Å². The third-order valence-electron chi connectivity index (χ3n) is 3.30. The van der Waals surface area contributed by atoms with Gasteiger partial charge in [0.15, 0.2) is 0 Å². The van der Waals surface area contributed by atoms with Crippen LogP contribution in [0.2, 0.25) is 18.1 Å². The maximum atomic E-state index is 14.2. The fraction of sp³-hybridized carbons (Fsp3) is 1.00. The minimum Gasteiger partial charge on any atom is -0.314 e. The lowest BCUT2D eigenvalue weighted by Gasteiger charge is -2.34. The van der Waals surface area contributed by atoms with E-state index in [1.807, 2.05) is 0 Å². The first kappa shape index (κ1) is 8.69. The van der Waals surface area contributed by atoms with Crippen LogP contribution in [0.1, 0.15) is 19.3 Å². The fourth-order valence-corrected chi connectivity index (χ4v) is 5.69. The first-order valence-corrected chi connectivity index (χ1v) is 7.70. The van der Waals surface area contributed by atoms with Gasteiger partial charge < -0.3 is 9.01 Å². The van der Waals surface area contributed by atoms with Crippen molar-refractivity contribution in [2.24, 2.45) is 0 Å². The average Bonchev–Trinajstić information content (AvgIpc) is 1.93. The monoisotopic (exact) mass is 187 g/mol. The van der Waals surface area contributed by atoms with Crippen molar-refractivity contribution in [3.63, 3.8) is 0 Å². The van der Waals surface area contributed by atoms with Gasteiger partial charge in [-0.1, -0.05) is 0 Å². The Bertz CT molecular complexity index is 136. The van der Waals surface area contributed by atoms with Crippen LogP contribution in [0.4, 0.5) is 4.11 Å². The molecule has 1 nitrogen and oxygen atoms in total. The molecule has 0 aromatic heterocycles. The van der Waals surface area contributed by atoms with Gasteiger partial charge in [0.25, 0.3) is 0 Å². The van der Waals surface area contributed by atoms with Gasteiger partial charge in [-0.2, -0.15) is 0 Å². The quantitative estimate of drug-likeness (QED) is 0.416. The molecule has 3 aliphatic heterocycles. The van der Waals surface area contributed by atoms with Crippen LogP contribution in [0, 0.1) is 0 Å². The summed E-state index contributed by atoms with van der Waals surface area (Å²) in [6.45, 7) is 3.50. The Morgan fingerprint density at radius 3 is 1.67 bits per heavy atom. The van der Waals surface area contributed by atoms with Crippen LogP contribution in [0.3, 0.4) is 0 Å².